The van der Waals surface area contributed by atoms with Gasteiger partial charge in [-0.15, -0.1) is 5.10 Å². The summed E-state index contributed by atoms with van der Waals surface area (Å²) in [6.45, 7) is 5.53. The van der Waals surface area contributed by atoms with Crippen LogP contribution in [0.25, 0.3) is 11.0 Å². The summed E-state index contributed by atoms with van der Waals surface area (Å²) >= 11 is 0. The molecule has 146 valence electrons. The van der Waals surface area contributed by atoms with Crippen LogP contribution in [-0.4, -0.2) is 39.0 Å². The molecule has 1 amide bonds. The molecule has 0 aliphatic heterocycles. The minimum atomic E-state index is 0.0446. The fraction of sp³-hybridized carbons (Fsp3) is 0.409. The van der Waals surface area contributed by atoms with Crippen molar-refractivity contribution in [2.24, 2.45) is 5.92 Å². The first-order chi connectivity index (χ1) is 13.6. The van der Waals surface area contributed by atoms with E-state index in [4.69, 9.17) is 4.74 Å². The predicted molar refractivity (Wildman–Crippen MR) is 108 cm³/mol. The Bertz CT molecular complexity index is 976. The topological polar surface area (TPSA) is 60.2 Å². The summed E-state index contributed by atoms with van der Waals surface area (Å²) in [5.74, 6) is 1.45. The van der Waals surface area contributed by atoms with Crippen molar-refractivity contribution in [1.82, 2.24) is 19.9 Å². The third kappa shape index (κ3) is 3.59. The molecule has 1 aromatic heterocycles. The van der Waals surface area contributed by atoms with E-state index in [1.54, 1.807) is 7.11 Å². The van der Waals surface area contributed by atoms with E-state index in [0.717, 1.165) is 28.9 Å². The van der Waals surface area contributed by atoms with Gasteiger partial charge in [0.2, 0.25) is 0 Å². The largest absolute Gasteiger partial charge is 0.497 e. The summed E-state index contributed by atoms with van der Waals surface area (Å²) in [6.07, 6.45) is 2.38. The minimum absolute atomic E-state index is 0.0446. The first kappa shape index (κ1) is 18.5. The number of methoxy groups -OCH3 is 1. The molecule has 6 nitrogen and oxygen atoms in total. The predicted octanol–water partition coefficient (Wildman–Crippen LogP) is 3.90. The Balaban J connectivity index is 1.62. The second-order valence-corrected chi connectivity index (χ2v) is 7.47. The Labute approximate surface area is 165 Å². The van der Waals surface area contributed by atoms with Crippen LogP contribution in [0.15, 0.2) is 42.5 Å². The molecule has 1 aliphatic carbocycles. The Kier molecular flexibility index (Phi) is 5.03. The summed E-state index contributed by atoms with van der Waals surface area (Å²) in [7, 11) is 1.66. The maximum atomic E-state index is 13.4. The molecule has 0 radical (unpaired) electrons. The molecular formula is C22H26N4O2. The average Bonchev–Trinajstić information content (AvgIpc) is 3.50. The summed E-state index contributed by atoms with van der Waals surface area (Å²) in [6, 6.07) is 13.8. The van der Waals surface area contributed by atoms with Crippen LogP contribution in [0.3, 0.4) is 0 Å². The number of aryl methyl sites for hydroxylation is 1. The van der Waals surface area contributed by atoms with Crippen molar-refractivity contribution in [3.05, 3.63) is 53.6 Å². The highest BCUT2D eigenvalue weighted by Gasteiger charge is 2.34. The highest BCUT2D eigenvalue weighted by molar-refractivity contribution is 5.97. The highest BCUT2D eigenvalue weighted by atomic mass is 16.5. The van der Waals surface area contributed by atoms with Crippen LogP contribution in [0.1, 0.15) is 42.6 Å². The molecule has 0 N–H and O–H groups in total. The van der Waals surface area contributed by atoms with Crippen molar-refractivity contribution in [2.45, 2.75) is 45.8 Å². The molecule has 0 spiro atoms. The van der Waals surface area contributed by atoms with Gasteiger partial charge in [-0.05, 0) is 68.5 Å². The van der Waals surface area contributed by atoms with Gasteiger partial charge >= 0.3 is 0 Å². The standard InChI is InChI=1S/C22H26N4O2/c1-4-26-21-12-9-18(13-20(21)23-24-26)22(27)25(15(2)17-7-8-17)14-16-5-10-19(28-3)11-6-16/h5-6,9-13,15,17H,4,7-8,14H2,1-3H3. The highest BCUT2D eigenvalue weighted by Crippen LogP contribution is 2.36. The lowest BCUT2D eigenvalue weighted by Gasteiger charge is -2.30. The molecule has 1 saturated carbocycles. The van der Waals surface area contributed by atoms with Crippen molar-refractivity contribution in [3.63, 3.8) is 0 Å². The number of rotatable bonds is 7. The van der Waals surface area contributed by atoms with Crippen molar-refractivity contribution < 1.29 is 9.53 Å². The van der Waals surface area contributed by atoms with E-state index >= 15 is 0 Å². The number of ether oxygens (including phenoxy) is 1. The van der Waals surface area contributed by atoms with Gasteiger partial charge in [0.25, 0.3) is 5.91 Å². The Hall–Kier alpha value is -2.89. The van der Waals surface area contributed by atoms with Crippen LogP contribution < -0.4 is 4.74 Å². The minimum Gasteiger partial charge on any atom is -0.497 e. The van der Waals surface area contributed by atoms with Gasteiger partial charge in [0, 0.05) is 24.7 Å². The van der Waals surface area contributed by atoms with E-state index in [9.17, 15) is 4.79 Å². The lowest BCUT2D eigenvalue weighted by atomic mass is 10.1. The van der Waals surface area contributed by atoms with Crippen molar-refractivity contribution in [1.29, 1.82) is 0 Å². The van der Waals surface area contributed by atoms with Crippen LogP contribution in [-0.2, 0) is 13.1 Å². The summed E-state index contributed by atoms with van der Waals surface area (Å²) in [4.78, 5) is 15.4. The molecular weight excluding hydrogens is 352 g/mol. The van der Waals surface area contributed by atoms with Crippen LogP contribution in [0.5, 0.6) is 5.75 Å². The molecule has 0 saturated heterocycles. The second-order valence-electron chi connectivity index (χ2n) is 7.47. The van der Waals surface area contributed by atoms with E-state index in [1.165, 1.54) is 12.8 Å². The van der Waals surface area contributed by atoms with E-state index in [2.05, 4.69) is 17.2 Å². The smallest absolute Gasteiger partial charge is 0.254 e. The van der Waals surface area contributed by atoms with Crippen LogP contribution >= 0.6 is 0 Å². The van der Waals surface area contributed by atoms with Gasteiger partial charge < -0.3 is 9.64 Å². The van der Waals surface area contributed by atoms with Crippen LogP contribution in [0, 0.1) is 5.92 Å². The van der Waals surface area contributed by atoms with Crippen LogP contribution in [0.4, 0.5) is 0 Å². The van der Waals surface area contributed by atoms with E-state index in [-0.39, 0.29) is 11.9 Å². The van der Waals surface area contributed by atoms with E-state index < -0.39 is 0 Å². The second kappa shape index (κ2) is 7.62. The monoisotopic (exact) mass is 378 g/mol. The summed E-state index contributed by atoms with van der Waals surface area (Å²) in [5.41, 5.74) is 3.48. The molecule has 2 aromatic carbocycles. The van der Waals surface area contributed by atoms with Gasteiger partial charge in [0.1, 0.15) is 11.3 Å². The SMILES string of the molecule is CCn1nnc2cc(C(=O)N(Cc3ccc(OC)cc3)C(C)C3CC3)ccc21. The van der Waals surface area contributed by atoms with Gasteiger partial charge in [-0.2, -0.15) is 0 Å². The number of hydrogen-bond acceptors (Lipinski definition) is 4. The van der Waals surface area contributed by atoms with E-state index in [1.807, 2.05) is 59.0 Å². The molecule has 1 atom stereocenters. The Morgan fingerprint density at radius 2 is 2.00 bits per heavy atom. The average molecular weight is 378 g/mol. The van der Waals surface area contributed by atoms with Crippen molar-refractivity contribution in [3.8, 4) is 5.75 Å². The van der Waals surface area contributed by atoms with Gasteiger partial charge in [-0.1, -0.05) is 17.3 Å². The third-order valence-corrected chi connectivity index (χ3v) is 5.63. The summed E-state index contributed by atoms with van der Waals surface area (Å²) < 4.78 is 7.08. The number of fused-ring (bicyclic) bond motifs is 1. The maximum absolute atomic E-state index is 13.4. The molecule has 1 fully saturated rings. The third-order valence-electron chi connectivity index (χ3n) is 5.63. The first-order valence-corrected chi connectivity index (χ1v) is 9.88. The molecule has 6 heteroatoms. The number of nitrogens with zero attached hydrogens (tertiary/aromatic N) is 4. The Morgan fingerprint density at radius 3 is 2.64 bits per heavy atom. The molecule has 4 rings (SSSR count). The number of carbonyl (C=O) groups excluding carboxylic acids is 1. The first-order valence-electron chi connectivity index (χ1n) is 9.88. The molecule has 28 heavy (non-hydrogen) atoms. The lowest BCUT2D eigenvalue weighted by molar-refractivity contribution is 0.0654. The normalized spacial score (nSPS) is 14.8. The number of amides is 1. The zero-order valence-corrected chi connectivity index (χ0v) is 16.6. The van der Waals surface area contributed by atoms with Gasteiger partial charge in [-0.3, -0.25) is 4.79 Å². The number of aromatic nitrogens is 3. The van der Waals surface area contributed by atoms with Gasteiger partial charge in [0.05, 0.1) is 12.6 Å². The van der Waals surface area contributed by atoms with E-state index in [0.29, 0.717) is 18.0 Å². The fourth-order valence-corrected chi connectivity index (χ4v) is 3.67. The van der Waals surface area contributed by atoms with Crippen molar-refractivity contribution >= 4 is 16.9 Å². The molecule has 0 bridgehead atoms. The molecule has 1 heterocycles. The quantitative estimate of drug-likeness (QED) is 0.626. The molecule has 3 aromatic rings. The lowest BCUT2D eigenvalue weighted by Crippen LogP contribution is -2.39. The Morgan fingerprint density at radius 1 is 1.25 bits per heavy atom. The van der Waals surface area contributed by atoms with Crippen molar-refractivity contribution in [2.75, 3.05) is 7.11 Å². The maximum Gasteiger partial charge on any atom is 0.254 e. The number of carbonyl (C=O) groups is 1. The fourth-order valence-electron chi connectivity index (χ4n) is 3.67. The van der Waals surface area contributed by atoms with Gasteiger partial charge in [-0.25, -0.2) is 4.68 Å². The molecule has 1 aliphatic rings. The number of hydrogen-bond donors (Lipinski definition) is 0. The summed E-state index contributed by atoms with van der Waals surface area (Å²) in [5, 5.41) is 8.36. The zero-order valence-electron chi connectivity index (χ0n) is 16.6. The number of benzene rings is 2. The zero-order chi connectivity index (χ0) is 19.7. The molecule has 1 unspecified atom stereocenters. The van der Waals surface area contributed by atoms with Crippen LogP contribution in [0.2, 0.25) is 0 Å². The van der Waals surface area contributed by atoms with Gasteiger partial charge in [0.15, 0.2) is 0 Å².